The van der Waals surface area contributed by atoms with Gasteiger partial charge in [0.15, 0.2) is 11.5 Å². The lowest BCUT2D eigenvalue weighted by Crippen LogP contribution is -2.11. The van der Waals surface area contributed by atoms with E-state index < -0.39 is 0 Å². The van der Waals surface area contributed by atoms with E-state index in [9.17, 15) is 0 Å². The van der Waals surface area contributed by atoms with Crippen LogP contribution in [0, 0.1) is 0 Å². The second-order valence-electron chi connectivity index (χ2n) is 3.65. The lowest BCUT2D eigenvalue weighted by molar-refractivity contribution is 0.310. The molecule has 0 radical (unpaired) electrons. The molecule has 0 fully saturated rings. The van der Waals surface area contributed by atoms with Gasteiger partial charge in [-0.2, -0.15) is 0 Å². The van der Waals surface area contributed by atoms with Crippen LogP contribution in [0.5, 0.6) is 11.5 Å². The summed E-state index contributed by atoms with van der Waals surface area (Å²) < 4.78 is 10.6. The molecule has 4 N–H and O–H groups in total. The van der Waals surface area contributed by atoms with Crippen LogP contribution < -0.4 is 20.1 Å². The average Bonchev–Trinajstić information content (AvgIpc) is 2.42. The molecule has 1 aromatic rings. The van der Waals surface area contributed by atoms with Crippen LogP contribution >= 0.6 is 36.4 Å². The predicted molar refractivity (Wildman–Crippen MR) is 90.2 cm³/mol. The molecule has 0 aliphatic carbocycles. The molecule has 0 amide bonds. The van der Waals surface area contributed by atoms with Crippen LogP contribution in [0.2, 0.25) is 5.02 Å². The highest BCUT2D eigenvalue weighted by atomic mass is 35.5. The van der Waals surface area contributed by atoms with Gasteiger partial charge in [-0.3, -0.25) is 0 Å². The van der Waals surface area contributed by atoms with Crippen molar-refractivity contribution in [3.8, 4) is 11.5 Å². The van der Waals surface area contributed by atoms with Gasteiger partial charge in [0.25, 0.3) is 0 Å². The van der Waals surface area contributed by atoms with E-state index in [1.54, 1.807) is 6.07 Å². The van der Waals surface area contributed by atoms with E-state index >= 15 is 0 Å². The number of aliphatic hydroxyl groups is 2. The van der Waals surface area contributed by atoms with E-state index in [4.69, 9.17) is 31.3 Å². The third kappa shape index (κ3) is 5.84. The quantitative estimate of drug-likeness (QED) is 0.565. The number of halogens is 3. The number of benzene rings is 1. The molecule has 1 aromatic carbocycles. The van der Waals surface area contributed by atoms with Crippen LogP contribution in [0.15, 0.2) is 6.07 Å². The van der Waals surface area contributed by atoms with Gasteiger partial charge in [0.05, 0.1) is 38.1 Å². The van der Waals surface area contributed by atoms with Crippen LogP contribution in [-0.2, 0) is 0 Å². The first-order chi connectivity index (χ1) is 9.19. The van der Waals surface area contributed by atoms with E-state index in [1.165, 1.54) is 14.2 Å². The van der Waals surface area contributed by atoms with Crippen LogP contribution in [-0.4, -0.2) is 50.7 Å². The molecule has 0 saturated carbocycles. The molecule has 0 atom stereocenters. The van der Waals surface area contributed by atoms with Crippen molar-refractivity contribution in [3.63, 3.8) is 0 Å². The van der Waals surface area contributed by atoms with Gasteiger partial charge in [-0.05, 0) is 6.07 Å². The summed E-state index contributed by atoms with van der Waals surface area (Å²) in [5, 5.41) is 24.2. The molecule has 21 heavy (non-hydrogen) atoms. The van der Waals surface area contributed by atoms with E-state index in [1.807, 2.05) is 0 Å². The second kappa shape index (κ2) is 11.8. The predicted octanol–water partition coefficient (Wildman–Crippen LogP) is 2.01. The second-order valence-corrected chi connectivity index (χ2v) is 4.06. The maximum Gasteiger partial charge on any atom is 0.168 e. The third-order valence-electron chi connectivity index (χ3n) is 2.44. The lowest BCUT2D eigenvalue weighted by Gasteiger charge is -2.19. The molecule has 0 saturated heterocycles. The fourth-order valence-electron chi connectivity index (χ4n) is 1.69. The topological polar surface area (TPSA) is 83.0 Å². The number of hydrogen-bond donors (Lipinski definition) is 4. The molecule has 124 valence electrons. The number of nitrogens with one attached hydrogen (secondary N) is 2. The van der Waals surface area contributed by atoms with Crippen molar-refractivity contribution in [2.24, 2.45) is 0 Å². The highest BCUT2D eigenvalue weighted by Crippen LogP contribution is 2.45. The Labute approximate surface area is 141 Å². The summed E-state index contributed by atoms with van der Waals surface area (Å²) in [6.07, 6.45) is 0. The van der Waals surface area contributed by atoms with Crippen molar-refractivity contribution in [3.05, 3.63) is 11.1 Å². The Balaban J connectivity index is 0. The fourth-order valence-corrected chi connectivity index (χ4v) is 1.97. The summed E-state index contributed by atoms with van der Waals surface area (Å²) in [4.78, 5) is 0. The Bertz CT molecular complexity index is 422. The minimum atomic E-state index is -0.0295. The van der Waals surface area contributed by atoms with Gasteiger partial charge in [0, 0.05) is 13.1 Å². The van der Waals surface area contributed by atoms with Crippen molar-refractivity contribution in [1.82, 2.24) is 0 Å². The van der Waals surface area contributed by atoms with Crippen LogP contribution in [0.1, 0.15) is 0 Å². The van der Waals surface area contributed by atoms with Gasteiger partial charge in [0.2, 0.25) is 0 Å². The fraction of sp³-hybridized carbons (Fsp3) is 0.500. The van der Waals surface area contributed by atoms with E-state index in [-0.39, 0.29) is 38.0 Å². The molecule has 9 heteroatoms. The van der Waals surface area contributed by atoms with Gasteiger partial charge in [-0.1, -0.05) is 11.6 Å². The highest BCUT2D eigenvalue weighted by molar-refractivity contribution is 6.33. The summed E-state index contributed by atoms with van der Waals surface area (Å²) in [7, 11) is 3.03. The number of rotatable bonds is 8. The minimum Gasteiger partial charge on any atom is -0.493 e. The standard InChI is InChI=1S/C12H19ClN2O4.2ClH/c1-18-11-8(13)7-9(14-3-5-16)12(19-2)10(11)15-4-6-17;;/h7,14-17H,3-6H2,1-2H3;2*1H. The molecule has 6 nitrogen and oxygen atoms in total. The maximum atomic E-state index is 8.91. The lowest BCUT2D eigenvalue weighted by atomic mass is 10.2. The van der Waals surface area contributed by atoms with Gasteiger partial charge in [0.1, 0.15) is 5.69 Å². The number of methoxy groups -OCH3 is 2. The smallest absolute Gasteiger partial charge is 0.168 e. The van der Waals surface area contributed by atoms with Crippen molar-refractivity contribution >= 4 is 47.8 Å². The summed E-state index contributed by atoms with van der Waals surface area (Å²) in [5.41, 5.74) is 1.20. The third-order valence-corrected chi connectivity index (χ3v) is 2.72. The van der Waals surface area contributed by atoms with Crippen LogP contribution in [0.25, 0.3) is 0 Å². The zero-order valence-electron chi connectivity index (χ0n) is 11.8. The Hall–Kier alpha value is -0.790. The van der Waals surface area contributed by atoms with Gasteiger partial charge >= 0.3 is 0 Å². The Morgan fingerprint density at radius 3 is 2.00 bits per heavy atom. The maximum absolute atomic E-state index is 8.91. The zero-order valence-corrected chi connectivity index (χ0v) is 14.2. The first kappa shape index (κ1) is 22.5. The Kier molecular flexibility index (Phi) is 12.7. The zero-order chi connectivity index (χ0) is 14.3. The Morgan fingerprint density at radius 2 is 1.52 bits per heavy atom. The highest BCUT2D eigenvalue weighted by Gasteiger charge is 2.18. The molecule has 0 aliphatic heterocycles. The van der Waals surface area contributed by atoms with Crippen molar-refractivity contribution in [1.29, 1.82) is 0 Å². The largest absolute Gasteiger partial charge is 0.493 e. The number of anilines is 2. The van der Waals surface area contributed by atoms with Crippen LogP contribution in [0.4, 0.5) is 11.4 Å². The summed E-state index contributed by atoms with van der Waals surface area (Å²) in [6.45, 7) is 0.676. The first-order valence-electron chi connectivity index (χ1n) is 5.83. The molecule has 0 unspecified atom stereocenters. The molecular weight excluding hydrogens is 343 g/mol. The molecule has 0 bridgehead atoms. The number of ether oxygens (including phenoxy) is 2. The summed E-state index contributed by atoms with van der Waals surface area (Å²) in [5.74, 6) is 0.963. The molecule has 1 rings (SSSR count). The normalized spacial score (nSPS) is 9.19. The van der Waals surface area contributed by atoms with Gasteiger partial charge < -0.3 is 30.3 Å². The number of hydrogen-bond acceptors (Lipinski definition) is 6. The monoisotopic (exact) mass is 362 g/mol. The van der Waals surface area contributed by atoms with E-state index in [2.05, 4.69) is 10.6 Å². The Morgan fingerprint density at radius 1 is 1.00 bits per heavy atom. The molecule has 0 spiro atoms. The van der Waals surface area contributed by atoms with Gasteiger partial charge in [-0.15, -0.1) is 24.8 Å². The van der Waals surface area contributed by atoms with Crippen LogP contribution in [0.3, 0.4) is 0 Å². The first-order valence-corrected chi connectivity index (χ1v) is 6.21. The van der Waals surface area contributed by atoms with Crippen molar-refractivity contribution in [2.75, 3.05) is 51.2 Å². The van der Waals surface area contributed by atoms with Gasteiger partial charge in [-0.25, -0.2) is 0 Å². The minimum absolute atomic E-state index is 0. The summed E-state index contributed by atoms with van der Waals surface area (Å²) >= 11 is 6.14. The summed E-state index contributed by atoms with van der Waals surface area (Å²) in [6, 6.07) is 1.67. The van der Waals surface area contributed by atoms with E-state index in [0.717, 1.165) is 0 Å². The average molecular weight is 364 g/mol. The van der Waals surface area contributed by atoms with Crippen molar-refractivity contribution < 1.29 is 19.7 Å². The number of aliphatic hydroxyl groups excluding tert-OH is 2. The molecular formula is C12H21Cl3N2O4. The molecule has 0 heterocycles. The molecule has 0 aromatic heterocycles. The SMILES string of the molecule is COc1c(Cl)cc(NCCO)c(OC)c1NCCO.Cl.Cl. The van der Waals surface area contributed by atoms with Crippen molar-refractivity contribution in [2.45, 2.75) is 0 Å². The van der Waals surface area contributed by atoms with E-state index in [0.29, 0.717) is 41.0 Å². The molecule has 0 aliphatic rings.